The van der Waals surface area contributed by atoms with Crippen LogP contribution in [0, 0.1) is 0 Å². The molecule has 4 rings (SSSR count). The molecule has 7 heteroatoms. The summed E-state index contributed by atoms with van der Waals surface area (Å²) in [6.45, 7) is 1.01. The summed E-state index contributed by atoms with van der Waals surface area (Å²) < 4.78 is 1.72. The van der Waals surface area contributed by atoms with E-state index in [0.29, 0.717) is 30.5 Å². The van der Waals surface area contributed by atoms with Gasteiger partial charge >= 0.3 is 0 Å². The molecule has 0 saturated carbocycles. The Balaban J connectivity index is 1.66. The van der Waals surface area contributed by atoms with Gasteiger partial charge in [0.15, 0.2) is 5.65 Å². The van der Waals surface area contributed by atoms with Gasteiger partial charge in [-0.05, 0) is 17.2 Å². The lowest BCUT2D eigenvalue weighted by atomic mass is 10.2. The minimum absolute atomic E-state index is 0.00134. The first kappa shape index (κ1) is 18.6. The average Bonchev–Trinajstić information content (AvgIpc) is 3.19. The third-order valence-corrected chi connectivity index (χ3v) is 4.36. The summed E-state index contributed by atoms with van der Waals surface area (Å²) in [6, 6.07) is 20.1. The SMILES string of the molecule is OCCNc1nc(NCc2ccccc2)c2cnn(/C=C/c3ccccc3)c2n1. The van der Waals surface area contributed by atoms with Crippen molar-refractivity contribution in [3.8, 4) is 0 Å². The van der Waals surface area contributed by atoms with Crippen LogP contribution in [0.15, 0.2) is 66.9 Å². The van der Waals surface area contributed by atoms with Crippen molar-refractivity contribution in [3.05, 3.63) is 78.0 Å². The van der Waals surface area contributed by atoms with Crippen LogP contribution in [0.3, 0.4) is 0 Å². The van der Waals surface area contributed by atoms with Crippen molar-refractivity contribution < 1.29 is 5.11 Å². The Bertz CT molecular complexity index is 1090. The van der Waals surface area contributed by atoms with E-state index in [1.807, 2.05) is 60.8 Å². The highest BCUT2D eigenvalue weighted by Crippen LogP contribution is 2.23. The van der Waals surface area contributed by atoms with E-state index in [9.17, 15) is 0 Å². The van der Waals surface area contributed by atoms with Gasteiger partial charge in [-0.15, -0.1) is 0 Å². The van der Waals surface area contributed by atoms with Gasteiger partial charge in [0.25, 0.3) is 0 Å². The number of hydrogen-bond acceptors (Lipinski definition) is 6. The fourth-order valence-electron chi connectivity index (χ4n) is 2.92. The van der Waals surface area contributed by atoms with Crippen LogP contribution < -0.4 is 10.6 Å². The highest BCUT2D eigenvalue weighted by Gasteiger charge is 2.12. The summed E-state index contributed by atoms with van der Waals surface area (Å²) in [4.78, 5) is 9.14. The molecule has 7 nitrogen and oxygen atoms in total. The van der Waals surface area contributed by atoms with Gasteiger partial charge in [0.1, 0.15) is 5.82 Å². The van der Waals surface area contributed by atoms with Gasteiger partial charge in [-0.1, -0.05) is 60.7 Å². The summed E-state index contributed by atoms with van der Waals surface area (Å²) in [5.41, 5.74) is 2.91. The van der Waals surface area contributed by atoms with E-state index in [0.717, 1.165) is 16.5 Å². The molecule has 0 unspecified atom stereocenters. The molecular formula is C22H22N6O. The predicted molar refractivity (Wildman–Crippen MR) is 116 cm³/mol. The average molecular weight is 386 g/mol. The van der Waals surface area contributed by atoms with Crippen molar-refractivity contribution in [2.75, 3.05) is 23.8 Å². The van der Waals surface area contributed by atoms with Crippen molar-refractivity contribution in [1.29, 1.82) is 0 Å². The molecule has 2 aromatic heterocycles. The molecule has 2 aromatic carbocycles. The van der Waals surface area contributed by atoms with Crippen molar-refractivity contribution in [2.45, 2.75) is 6.54 Å². The molecule has 4 aromatic rings. The lowest BCUT2D eigenvalue weighted by Gasteiger charge is -2.10. The first-order valence-corrected chi connectivity index (χ1v) is 9.44. The maximum Gasteiger partial charge on any atom is 0.226 e. The van der Waals surface area contributed by atoms with E-state index in [-0.39, 0.29) is 6.61 Å². The molecule has 29 heavy (non-hydrogen) atoms. The van der Waals surface area contributed by atoms with Gasteiger partial charge in [-0.2, -0.15) is 15.1 Å². The van der Waals surface area contributed by atoms with E-state index >= 15 is 0 Å². The maximum absolute atomic E-state index is 9.12. The van der Waals surface area contributed by atoms with Crippen LogP contribution in [-0.4, -0.2) is 38.0 Å². The number of fused-ring (bicyclic) bond motifs is 1. The first-order valence-electron chi connectivity index (χ1n) is 9.44. The third-order valence-electron chi connectivity index (χ3n) is 4.36. The van der Waals surface area contributed by atoms with Gasteiger partial charge in [-0.3, -0.25) is 0 Å². The number of aromatic nitrogens is 4. The Labute approximate surface area is 168 Å². The molecule has 0 aliphatic carbocycles. The number of anilines is 2. The summed E-state index contributed by atoms with van der Waals surface area (Å²) in [7, 11) is 0. The molecule has 0 aliphatic rings. The second-order valence-corrected chi connectivity index (χ2v) is 6.44. The number of benzene rings is 2. The van der Waals surface area contributed by atoms with Crippen molar-refractivity contribution in [2.24, 2.45) is 0 Å². The Morgan fingerprint density at radius 2 is 1.69 bits per heavy atom. The highest BCUT2D eigenvalue weighted by molar-refractivity contribution is 5.89. The summed E-state index contributed by atoms with van der Waals surface area (Å²) in [5.74, 6) is 1.13. The zero-order valence-electron chi connectivity index (χ0n) is 15.9. The van der Waals surface area contributed by atoms with Gasteiger partial charge < -0.3 is 15.7 Å². The van der Waals surface area contributed by atoms with Crippen LogP contribution in [-0.2, 0) is 6.54 Å². The molecule has 0 amide bonds. The zero-order valence-corrected chi connectivity index (χ0v) is 15.9. The lowest BCUT2D eigenvalue weighted by Crippen LogP contribution is -2.11. The van der Waals surface area contributed by atoms with E-state index < -0.39 is 0 Å². The fourth-order valence-corrected chi connectivity index (χ4v) is 2.92. The Kier molecular flexibility index (Phi) is 5.78. The molecule has 0 spiro atoms. The monoisotopic (exact) mass is 386 g/mol. The van der Waals surface area contributed by atoms with Gasteiger partial charge in [0.05, 0.1) is 18.2 Å². The molecule has 3 N–H and O–H groups in total. The van der Waals surface area contributed by atoms with Gasteiger partial charge in [0.2, 0.25) is 5.95 Å². The van der Waals surface area contributed by atoms with Crippen molar-refractivity contribution in [3.63, 3.8) is 0 Å². The quantitative estimate of drug-likeness (QED) is 0.430. The number of nitrogens with zero attached hydrogens (tertiary/aromatic N) is 4. The Morgan fingerprint density at radius 3 is 2.45 bits per heavy atom. The van der Waals surface area contributed by atoms with E-state index in [2.05, 4.69) is 37.8 Å². The number of rotatable bonds is 8. The summed E-state index contributed by atoms with van der Waals surface area (Å²) >= 11 is 0. The van der Waals surface area contributed by atoms with Crippen LogP contribution in [0.1, 0.15) is 11.1 Å². The molecule has 0 radical (unpaired) electrons. The Hall–Kier alpha value is -3.71. The van der Waals surface area contributed by atoms with Crippen molar-refractivity contribution >= 4 is 35.1 Å². The van der Waals surface area contributed by atoms with Crippen LogP contribution in [0.4, 0.5) is 11.8 Å². The normalized spacial score (nSPS) is 11.2. The summed E-state index contributed by atoms with van der Waals surface area (Å²) in [5, 5.41) is 20.8. The van der Waals surface area contributed by atoms with Crippen LogP contribution in [0.5, 0.6) is 0 Å². The molecule has 0 bridgehead atoms. The van der Waals surface area contributed by atoms with Crippen molar-refractivity contribution in [1.82, 2.24) is 19.7 Å². The first-order chi connectivity index (χ1) is 14.3. The molecule has 0 saturated heterocycles. The predicted octanol–water partition coefficient (Wildman–Crippen LogP) is 3.47. The fraction of sp³-hybridized carbons (Fsp3) is 0.136. The van der Waals surface area contributed by atoms with Crippen LogP contribution in [0.25, 0.3) is 23.3 Å². The van der Waals surface area contributed by atoms with Gasteiger partial charge in [0, 0.05) is 19.3 Å². The third kappa shape index (κ3) is 4.59. The topological polar surface area (TPSA) is 87.9 Å². The van der Waals surface area contributed by atoms with Crippen LogP contribution in [0.2, 0.25) is 0 Å². The molecule has 0 aliphatic heterocycles. The highest BCUT2D eigenvalue weighted by atomic mass is 16.3. The van der Waals surface area contributed by atoms with E-state index in [1.54, 1.807) is 10.9 Å². The standard InChI is InChI=1S/C22H22N6O/c29-14-12-23-22-26-20(24-15-18-9-5-2-6-10-18)19-16-25-28(21(19)27-22)13-11-17-7-3-1-4-8-17/h1-11,13,16,29H,12,14-15H2,(H2,23,24,26,27)/b13-11+. The van der Waals surface area contributed by atoms with E-state index in [1.165, 1.54) is 0 Å². The van der Waals surface area contributed by atoms with Gasteiger partial charge in [-0.25, -0.2) is 4.68 Å². The smallest absolute Gasteiger partial charge is 0.226 e. The molecular weight excluding hydrogens is 364 g/mol. The minimum Gasteiger partial charge on any atom is -0.395 e. The lowest BCUT2D eigenvalue weighted by molar-refractivity contribution is 0.311. The molecule has 0 atom stereocenters. The second kappa shape index (κ2) is 8.99. The minimum atomic E-state index is 0.00134. The molecule has 0 fully saturated rings. The Morgan fingerprint density at radius 1 is 0.931 bits per heavy atom. The number of nitrogens with one attached hydrogen (secondary N) is 2. The van der Waals surface area contributed by atoms with Crippen LogP contribution >= 0.6 is 0 Å². The number of aliphatic hydroxyl groups is 1. The number of aliphatic hydroxyl groups excluding tert-OH is 1. The van der Waals surface area contributed by atoms with E-state index in [4.69, 9.17) is 5.11 Å². The second-order valence-electron chi connectivity index (χ2n) is 6.44. The largest absolute Gasteiger partial charge is 0.395 e. The number of hydrogen-bond donors (Lipinski definition) is 3. The maximum atomic E-state index is 9.12. The summed E-state index contributed by atoms with van der Waals surface area (Å²) in [6.07, 6.45) is 5.61. The molecule has 2 heterocycles. The zero-order chi connectivity index (χ0) is 19.9. The molecule has 146 valence electrons.